The van der Waals surface area contributed by atoms with Crippen LogP contribution < -0.4 is 0 Å². The third-order valence-electron chi connectivity index (χ3n) is 5.27. The molecule has 0 radical (unpaired) electrons. The van der Waals surface area contributed by atoms with Gasteiger partial charge in [-0.2, -0.15) is 5.26 Å². The van der Waals surface area contributed by atoms with Gasteiger partial charge in [-0.05, 0) is 80.6 Å². The van der Waals surface area contributed by atoms with Crippen LogP contribution in [-0.2, 0) is 0 Å². The maximum Gasteiger partial charge on any atom is 0.175 e. The second-order valence-corrected chi connectivity index (χ2v) is 12.3. The molecule has 2 heterocycles. The number of rotatable bonds is 9. The van der Waals surface area contributed by atoms with Gasteiger partial charge in [0.05, 0.1) is 18.0 Å². The Morgan fingerprint density at radius 2 is 1.91 bits per heavy atom. The van der Waals surface area contributed by atoms with Crippen LogP contribution in [0.2, 0.25) is 0 Å². The van der Waals surface area contributed by atoms with E-state index in [1.54, 1.807) is 24.3 Å². The summed E-state index contributed by atoms with van der Waals surface area (Å²) in [4.78, 5) is 14.2. The van der Waals surface area contributed by atoms with Gasteiger partial charge in [-0.25, -0.2) is 4.39 Å². The molecule has 1 atom stereocenters. The van der Waals surface area contributed by atoms with Crippen LogP contribution in [0.3, 0.4) is 0 Å². The summed E-state index contributed by atoms with van der Waals surface area (Å²) in [5, 5.41) is 9.69. The molecule has 7 heteroatoms. The van der Waals surface area contributed by atoms with Crippen LogP contribution in [-0.4, -0.2) is 5.78 Å². The summed E-state index contributed by atoms with van der Waals surface area (Å²) in [6.07, 6.45) is 5.33. The van der Waals surface area contributed by atoms with Crippen LogP contribution in [0.4, 0.5) is 4.39 Å². The maximum atomic E-state index is 14.9. The summed E-state index contributed by atoms with van der Waals surface area (Å²) in [6.45, 7) is 4.15. The fourth-order valence-electron chi connectivity index (χ4n) is 3.45. The van der Waals surface area contributed by atoms with Crippen molar-refractivity contribution in [1.82, 2.24) is 0 Å². The van der Waals surface area contributed by atoms with Crippen molar-refractivity contribution in [2.45, 2.75) is 39.5 Å². The van der Waals surface area contributed by atoms with E-state index >= 15 is 0 Å². The number of carbonyl (C=O) groups excluding carboxylic acids is 1. The quantitative estimate of drug-likeness (QED) is 0.183. The lowest BCUT2D eigenvalue weighted by Crippen LogP contribution is -2.12. The highest BCUT2D eigenvalue weighted by molar-refractivity contribution is 9.12. The molecule has 2 nitrogen and oxygen atoms in total. The van der Waals surface area contributed by atoms with Gasteiger partial charge in [-0.3, -0.25) is 4.79 Å². The van der Waals surface area contributed by atoms with E-state index in [-0.39, 0.29) is 11.7 Å². The first-order chi connectivity index (χ1) is 15.4. The molecule has 0 fully saturated rings. The molecule has 32 heavy (non-hydrogen) atoms. The van der Waals surface area contributed by atoms with Gasteiger partial charge in [-0.15, -0.1) is 22.7 Å². The van der Waals surface area contributed by atoms with E-state index in [2.05, 4.69) is 44.9 Å². The molecule has 0 aliphatic carbocycles. The lowest BCUT2D eigenvalue weighted by atomic mass is 9.94. The van der Waals surface area contributed by atoms with E-state index in [4.69, 9.17) is 0 Å². The molecule has 0 N–H and O–H groups in total. The number of ketones is 1. The number of carbonyl (C=O) groups is 1. The van der Waals surface area contributed by atoms with E-state index in [9.17, 15) is 14.4 Å². The van der Waals surface area contributed by atoms with Gasteiger partial charge in [0.2, 0.25) is 0 Å². The van der Waals surface area contributed by atoms with Crippen LogP contribution in [0.15, 0.2) is 44.0 Å². The molecule has 2 aromatic heterocycles. The number of nitrogens with zero attached hydrogens (tertiary/aromatic N) is 1. The summed E-state index contributed by atoms with van der Waals surface area (Å²) in [7, 11) is 0. The van der Waals surface area contributed by atoms with Gasteiger partial charge in [0.15, 0.2) is 5.78 Å². The molecule has 3 aromatic rings. The van der Waals surface area contributed by atoms with Crippen molar-refractivity contribution in [1.29, 1.82) is 5.26 Å². The van der Waals surface area contributed by atoms with Gasteiger partial charge >= 0.3 is 0 Å². The Balaban J connectivity index is 1.86. The van der Waals surface area contributed by atoms with Gasteiger partial charge in [0, 0.05) is 21.9 Å². The summed E-state index contributed by atoms with van der Waals surface area (Å²) < 4.78 is 16.7. The third-order valence-corrected chi connectivity index (χ3v) is 8.74. The van der Waals surface area contributed by atoms with Crippen molar-refractivity contribution in [2.75, 3.05) is 0 Å². The van der Waals surface area contributed by atoms with E-state index in [1.165, 1.54) is 28.7 Å². The van der Waals surface area contributed by atoms with Crippen LogP contribution in [0, 0.1) is 23.1 Å². The molecule has 0 bridgehead atoms. The number of thiophene rings is 2. The monoisotopic (exact) mass is 593 g/mol. The Labute approximate surface area is 213 Å². The summed E-state index contributed by atoms with van der Waals surface area (Å²) in [5.74, 6) is -0.252. The van der Waals surface area contributed by atoms with Crippen LogP contribution in [0.1, 0.15) is 59.6 Å². The molecule has 0 amide bonds. The first-order valence-electron chi connectivity index (χ1n) is 10.4. The highest BCUT2D eigenvalue weighted by Crippen LogP contribution is 2.39. The molecule has 0 aliphatic rings. The Hall–Kier alpha value is -1.59. The number of benzene rings is 1. The number of Topliss-reactive ketones (excluding diaryl/α,β-unsaturated/α-hetero) is 1. The molecule has 0 aliphatic heterocycles. The van der Waals surface area contributed by atoms with E-state index < -0.39 is 5.82 Å². The highest BCUT2D eigenvalue weighted by Gasteiger charge is 2.20. The largest absolute Gasteiger partial charge is 0.293 e. The molecule has 0 spiro atoms. The second-order valence-electron chi connectivity index (χ2n) is 7.42. The van der Waals surface area contributed by atoms with Crippen molar-refractivity contribution in [3.63, 3.8) is 0 Å². The smallest absolute Gasteiger partial charge is 0.175 e. The highest BCUT2D eigenvalue weighted by atomic mass is 79.9. The number of allylic oxidation sites excluding steroid dienone is 1. The van der Waals surface area contributed by atoms with Crippen LogP contribution >= 0.6 is 54.5 Å². The Morgan fingerprint density at radius 1 is 1.16 bits per heavy atom. The predicted molar refractivity (Wildman–Crippen MR) is 141 cm³/mol. The van der Waals surface area contributed by atoms with Crippen LogP contribution in [0.25, 0.3) is 22.8 Å². The van der Waals surface area contributed by atoms with Crippen molar-refractivity contribution in [3.05, 3.63) is 65.1 Å². The van der Waals surface area contributed by atoms with Gasteiger partial charge < -0.3 is 0 Å². The Morgan fingerprint density at radius 3 is 2.50 bits per heavy atom. The van der Waals surface area contributed by atoms with Crippen molar-refractivity contribution >= 4 is 72.0 Å². The van der Waals surface area contributed by atoms with Gasteiger partial charge in [0.25, 0.3) is 0 Å². The summed E-state index contributed by atoms with van der Waals surface area (Å²) in [6, 6.07) is 12.7. The summed E-state index contributed by atoms with van der Waals surface area (Å²) >= 11 is 9.79. The van der Waals surface area contributed by atoms with Crippen molar-refractivity contribution in [3.8, 4) is 17.2 Å². The number of hydrogen-bond acceptors (Lipinski definition) is 4. The molecular weight excluding hydrogens is 573 g/mol. The standard InChI is InChI=1S/C25H22Br2FNOS2/c1-3-5-6-15(4-2)24(30)22-10-9-21(31-22)18(14-29)11-17-8-7-16(12-20(17)28)19-13-23(26)32-25(19)27/h7-13,15H,3-6H2,1-2H3/b18-11+. The third kappa shape index (κ3) is 5.85. The van der Waals surface area contributed by atoms with Crippen LogP contribution in [0.5, 0.6) is 0 Å². The molecule has 1 aromatic carbocycles. The lowest BCUT2D eigenvalue weighted by Gasteiger charge is -2.11. The first kappa shape index (κ1) is 25.0. The molecule has 0 saturated heterocycles. The number of hydrogen-bond donors (Lipinski definition) is 0. The average Bonchev–Trinajstić information content (AvgIpc) is 3.39. The SMILES string of the molecule is CCCCC(CC)C(=O)c1ccc(/C(C#N)=C/c2ccc(-c3cc(Br)sc3Br)cc2F)s1. The normalized spacial score (nSPS) is 12.6. The number of unbranched alkanes of at least 4 members (excludes halogenated alkanes) is 1. The van der Waals surface area contributed by atoms with E-state index in [0.29, 0.717) is 20.9 Å². The topological polar surface area (TPSA) is 40.9 Å². The number of halogens is 3. The molecule has 3 rings (SSSR count). The van der Waals surface area contributed by atoms with E-state index in [1.807, 2.05) is 19.1 Å². The Kier molecular flexibility index (Phi) is 9.01. The van der Waals surface area contributed by atoms with Gasteiger partial charge in [0.1, 0.15) is 11.9 Å². The lowest BCUT2D eigenvalue weighted by molar-refractivity contribution is 0.0912. The van der Waals surface area contributed by atoms with Crippen molar-refractivity contribution < 1.29 is 9.18 Å². The second kappa shape index (κ2) is 11.5. The fraction of sp³-hybridized carbons (Fsp3) is 0.280. The zero-order valence-corrected chi connectivity index (χ0v) is 22.6. The average molecular weight is 595 g/mol. The Bertz CT molecular complexity index is 1190. The predicted octanol–water partition coefficient (Wildman–Crippen LogP) is 9.60. The zero-order valence-electron chi connectivity index (χ0n) is 17.8. The summed E-state index contributed by atoms with van der Waals surface area (Å²) in [5.41, 5.74) is 2.36. The molecule has 0 saturated carbocycles. The molecule has 166 valence electrons. The minimum Gasteiger partial charge on any atom is -0.293 e. The minimum atomic E-state index is -0.400. The molecule has 1 unspecified atom stereocenters. The zero-order chi connectivity index (χ0) is 23.3. The van der Waals surface area contributed by atoms with E-state index in [0.717, 1.165) is 44.4 Å². The molecular formula is C25H22Br2FNOS2. The van der Waals surface area contributed by atoms with Gasteiger partial charge in [-0.1, -0.05) is 38.8 Å². The first-order valence-corrected chi connectivity index (χ1v) is 13.6. The number of nitriles is 1. The fourth-order valence-corrected chi connectivity index (χ4v) is 7.31. The maximum absolute atomic E-state index is 14.9. The van der Waals surface area contributed by atoms with Crippen molar-refractivity contribution in [2.24, 2.45) is 5.92 Å². The minimum absolute atomic E-state index is 0.0115.